The summed E-state index contributed by atoms with van der Waals surface area (Å²) in [4.78, 5) is 12.0. The Bertz CT molecular complexity index is 509. The third kappa shape index (κ3) is 2.09. The number of carbonyl (C=O) groups excluding carboxylic acids is 1. The van der Waals surface area contributed by atoms with Gasteiger partial charge in [-0.2, -0.15) is 0 Å². The number of furan rings is 1. The maximum atomic E-state index is 12.0. The third-order valence-corrected chi connectivity index (χ3v) is 2.83. The average molecular weight is 276 g/mol. The van der Waals surface area contributed by atoms with Gasteiger partial charge >= 0.3 is 0 Å². The van der Waals surface area contributed by atoms with E-state index in [9.17, 15) is 4.79 Å². The van der Waals surface area contributed by atoms with Gasteiger partial charge in [-0.05, 0) is 18.2 Å². The highest BCUT2D eigenvalue weighted by molar-refractivity contribution is 6.43. The van der Waals surface area contributed by atoms with Crippen LogP contribution < -0.4 is 0 Å². The number of rotatable bonds is 2. The van der Waals surface area contributed by atoms with Crippen LogP contribution in [0, 0.1) is 0 Å². The largest absolute Gasteiger partial charge is 0.472 e. The minimum absolute atomic E-state index is 0.226. The topological polar surface area (TPSA) is 30.2 Å². The van der Waals surface area contributed by atoms with Gasteiger partial charge in [-0.1, -0.05) is 34.8 Å². The van der Waals surface area contributed by atoms with Crippen LogP contribution >= 0.6 is 34.8 Å². The fourth-order valence-electron chi connectivity index (χ4n) is 1.30. The Hall–Kier alpha value is -0.960. The zero-order chi connectivity index (χ0) is 11.7. The quantitative estimate of drug-likeness (QED) is 0.757. The molecule has 0 saturated carbocycles. The maximum Gasteiger partial charge on any atom is 0.199 e. The fraction of sp³-hybridized carbons (Fsp3) is 0. The standard InChI is InChI=1S/C11H5Cl3O2/c12-7-3-8(13)10(9(14)4-7)11(15)6-1-2-16-5-6/h1-5H. The maximum absolute atomic E-state index is 12.0. The van der Waals surface area contributed by atoms with E-state index in [1.165, 1.54) is 24.7 Å². The van der Waals surface area contributed by atoms with Gasteiger partial charge in [0.25, 0.3) is 0 Å². The van der Waals surface area contributed by atoms with Gasteiger partial charge in [0.2, 0.25) is 0 Å². The first-order valence-corrected chi connectivity index (χ1v) is 5.44. The highest BCUT2D eigenvalue weighted by Gasteiger charge is 2.18. The molecule has 0 aliphatic carbocycles. The van der Waals surface area contributed by atoms with E-state index in [-0.39, 0.29) is 21.4 Å². The van der Waals surface area contributed by atoms with Gasteiger partial charge in [-0.3, -0.25) is 4.79 Å². The normalized spacial score (nSPS) is 10.4. The van der Waals surface area contributed by atoms with Crippen molar-refractivity contribution < 1.29 is 9.21 Å². The summed E-state index contributed by atoms with van der Waals surface area (Å²) in [6.07, 6.45) is 2.74. The molecule has 2 rings (SSSR count). The lowest BCUT2D eigenvalue weighted by Gasteiger charge is -2.05. The number of halogens is 3. The van der Waals surface area contributed by atoms with Gasteiger partial charge in [-0.15, -0.1) is 0 Å². The van der Waals surface area contributed by atoms with E-state index in [0.29, 0.717) is 10.6 Å². The molecular weight excluding hydrogens is 270 g/mol. The van der Waals surface area contributed by atoms with Crippen molar-refractivity contribution in [3.05, 3.63) is 56.9 Å². The van der Waals surface area contributed by atoms with Crippen LogP contribution in [0.2, 0.25) is 15.1 Å². The van der Waals surface area contributed by atoms with Crippen molar-refractivity contribution in [2.24, 2.45) is 0 Å². The summed E-state index contributed by atoms with van der Waals surface area (Å²) in [6.45, 7) is 0. The molecule has 5 heteroatoms. The molecule has 0 amide bonds. The Morgan fingerprint density at radius 1 is 1.12 bits per heavy atom. The predicted octanol–water partition coefficient (Wildman–Crippen LogP) is 4.47. The summed E-state index contributed by atoms with van der Waals surface area (Å²) < 4.78 is 4.83. The molecule has 0 unspecified atom stereocenters. The lowest BCUT2D eigenvalue weighted by atomic mass is 10.1. The molecule has 0 N–H and O–H groups in total. The molecule has 1 heterocycles. The van der Waals surface area contributed by atoms with Gasteiger partial charge in [-0.25, -0.2) is 0 Å². The van der Waals surface area contributed by atoms with Crippen LogP contribution in [0.25, 0.3) is 0 Å². The van der Waals surface area contributed by atoms with E-state index in [4.69, 9.17) is 39.2 Å². The summed E-state index contributed by atoms with van der Waals surface area (Å²) in [5.41, 5.74) is 0.625. The van der Waals surface area contributed by atoms with E-state index in [0.717, 1.165) is 0 Å². The first-order chi connectivity index (χ1) is 7.59. The first-order valence-electron chi connectivity index (χ1n) is 4.31. The zero-order valence-corrected chi connectivity index (χ0v) is 10.1. The SMILES string of the molecule is O=C(c1ccoc1)c1c(Cl)cc(Cl)cc1Cl. The number of hydrogen-bond acceptors (Lipinski definition) is 2. The molecule has 0 bridgehead atoms. The first kappa shape index (κ1) is 11.5. The molecule has 0 aliphatic heterocycles. The lowest BCUT2D eigenvalue weighted by Crippen LogP contribution is -2.01. The monoisotopic (exact) mass is 274 g/mol. The summed E-state index contributed by atoms with van der Waals surface area (Å²) in [7, 11) is 0. The average Bonchev–Trinajstić information content (AvgIpc) is 2.67. The van der Waals surface area contributed by atoms with Crippen molar-refractivity contribution in [3.8, 4) is 0 Å². The Morgan fingerprint density at radius 2 is 1.75 bits per heavy atom. The van der Waals surface area contributed by atoms with E-state index in [1.807, 2.05) is 0 Å². The molecule has 0 spiro atoms. The summed E-state index contributed by atoms with van der Waals surface area (Å²) in [5, 5.41) is 0.839. The number of ketones is 1. The number of hydrogen-bond donors (Lipinski definition) is 0. The van der Waals surface area contributed by atoms with Gasteiger partial charge in [0.05, 0.1) is 27.4 Å². The Morgan fingerprint density at radius 3 is 2.25 bits per heavy atom. The van der Waals surface area contributed by atoms with E-state index in [2.05, 4.69) is 0 Å². The van der Waals surface area contributed by atoms with Crippen LogP contribution in [0.1, 0.15) is 15.9 Å². The van der Waals surface area contributed by atoms with Crippen molar-refractivity contribution >= 4 is 40.6 Å². The molecule has 16 heavy (non-hydrogen) atoms. The number of benzene rings is 1. The van der Waals surface area contributed by atoms with Crippen LogP contribution in [0.15, 0.2) is 35.1 Å². The molecule has 82 valence electrons. The van der Waals surface area contributed by atoms with Crippen molar-refractivity contribution in [1.82, 2.24) is 0 Å². The van der Waals surface area contributed by atoms with Crippen LogP contribution in [-0.2, 0) is 0 Å². The van der Waals surface area contributed by atoms with Crippen LogP contribution in [0.4, 0.5) is 0 Å². The van der Waals surface area contributed by atoms with Crippen molar-refractivity contribution in [3.63, 3.8) is 0 Å². The lowest BCUT2D eigenvalue weighted by molar-refractivity contribution is 0.103. The van der Waals surface area contributed by atoms with Crippen LogP contribution in [-0.4, -0.2) is 5.78 Å². The minimum Gasteiger partial charge on any atom is -0.472 e. The molecule has 2 nitrogen and oxygen atoms in total. The number of carbonyl (C=O) groups is 1. The van der Waals surface area contributed by atoms with Crippen molar-refractivity contribution in [2.75, 3.05) is 0 Å². The summed E-state index contributed by atoms with van der Waals surface area (Å²) in [5.74, 6) is -0.291. The third-order valence-electron chi connectivity index (χ3n) is 2.02. The molecule has 0 saturated heterocycles. The van der Waals surface area contributed by atoms with E-state index >= 15 is 0 Å². The molecule has 1 aromatic carbocycles. The second kappa shape index (κ2) is 4.50. The molecule has 0 fully saturated rings. The van der Waals surface area contributed by atoms with E-state index < -0.39 is 0 Å². The Balaban J connectivity index is 2.53. The highest BCUT2D eigenvalue weighted by Crippen LogP contribution is 2.30. The van der Waals surface area contributed by atoms with Crippen molar-refractivity contribution in [1.29, 1.82) is 0 Å². The summed E-state index contributed by atoms with van der Waals surface area (Å²) in [6, 6.07) is 4.49. The van der Waals surface area contributed by atoms with Crippen LogP contribution in [0.5, 0.6) is 0 Å². The van der Waals surface area contributed by atoms with Gasteiger partial charge in [0.1, 0.15) is 6.26 Å². The second-order valence-corrected chi connectivity index (χ2v) is 4.34. The second-order valence-electron chi connectivity index (χ2n) is 3.09. The van der Waals surface area contributed by atoms with Crippen LogP contribution in [0.3, 0.4) is 0 Å². The molecule has 0 radical (unpaired) electrons. The molecule has 1 aromatic heterocycles. The molecule has 0 aliphatic rings. The predicted molar refractivity (Wildman–Crippen MR) is 63.6 cm³/mol. The zero-order valence-electron chi connectivity index (χ0n) is 7.84. The summed E-state index contributed by atoms with van der Waals surface area (Å²) >= 11 is 17.6. The minimum atomic E-state index is -0.291. The smallest absolute Gasteiger partial charge is 0.199 e. The van der Waals surface area contributed by atoms with Gasteiger partial charge in [0, 0.05) is 5.02 Å². The molecular formula is C11H5Cl3O2. The van der Waals surface area contributed by atoms with Crippen molar-refractivity contribution in [2.45, 2.75) is 0 Å². The van der Waals surface area contributed by atoms with E-state index in [1.54, 1.807) is 6.07 Å². The Kier molecular flexibility index (Phi) is 3.24. The molecule has 2 aromatic rings. The fourth-order valence-corrected chi connectivity index (χ4v) is 2.29. The van der Waals surface area contributed by atoms with Gasteiger partial charge < -0.3 is 4.42 Å². The highest BCUT2D eigenvalue weighted by atomic mass is 35.5. The Labute approximate surface area is 107 Å². The molecule has 0 atom stereocenters. The van der Waals surface area contributed by atoms with Gasteiger partial charge in [0.15, 0.2) is 5.78 Å².